The van der Waals surface area contributed by atoms with Crippen LogP contribution in [0.4, 0.5) is 0 Å². The first kappa shape index (κ1) is 29.1. The SMILES string of the molecule is CCCc1ccc(-c2cc3c(c(C4Cc5cc(-c6ccc(CC)cc6)ccc5C=C4N=C=S)c2)C=C(N=C=S)CC3)cc1. The third-order valence-electron chi connectivity index (χ3n) is 8.75. The Balaban J connectivity index is 1.48. The minimum absolute atomic E-state index is 0.0285. The van der Waals surface area contributed by atoms with Crippen LogP contribution < -0.4 is 0 Å². The van der Waals surface area contributed by atoms with Gasteiger partial charge in [0.15, 0.2) is 0 Å². The number of rotatable bonds is 8. The Bertz CT molecular complexity index is 1830. The molecule has 0 amide bonds. The number of allylic oxidation sites excluding steroid dienone is 2. The zero-order chi connectivity index (χ0) is 29.8. The number of hydrogen-bond donors (Lipinski definition) is 0. The maximum absolute atomic E-state index is 5.15. The summed E-state index contributed by atoms with van der Waals surface area (Å²) in [7, 11) is 0. The van der Waals surface area contributed by atoms with Gasteiger partial charge in [-0.3, -0.25) is 0 Å². The van der Waals surface area contributed by atoms with Gasteiger partial charge in [0.1, 0.15) is 0 Å². The molecule has 2 nitrogen and oxygen atoms in total. The summed E-state index contributed by atoms with van der Waals surface area (Å²) in [5.41, 5.74) is 15.8. The number of fused-ring (bicyclic) bond motifs is 2. The Kier molecular flexibility index (Phi) is 8.84. The third kappa shape index (κ3) is 6.20. The van der Waals surface area contributed by atoms with E-state index in [0.29, 0.717) is 0 Å². The van der Waals surface area contributed by atoms with E-state index in [0.717, 1.165) is 49.9 Å². The largest absolute Gasteiger partial charge is 0.199 e. The summed E-state index contributed by atoms with van der Waals surface area (Å²) < 4.78 is 0. The maximum atomic E-state index is 5.15. The molecule has 0 saturated carbocycles. The first-order valence-electron chi connectivity index (χ1n) is 15.2. The van der Waals surface area contributed by atoms with Crippen molar-refractivity contribution in [3.05, 3.63) is 129 Å². The summed E-state index contributed by atoms with van der Waals surface area (Å²) in [5, 5.41) is 5.25. The highest BCUT2D eigenvalue weighted by atomic mass is 32.1. The second kappa shape index (κ2) is 13.1. The van der Waals surface area contributed by atoms with Gasteiger partial charge in [0.25, 0.3) is 0 Å². The lowest BCUT2D eigenvalue weighted by molar-refractivity contribution is 0.763. The highest BCUT2D eigenvalue weighted by Crippen LogP contribution is 2.43. The first-order chi connectivity index (χ1) is 21.1. The van der Waals surface area contributed by atoms with E-state index >= 15 is 0 Å². The summed E-state index contributed by atoms with van der Waals surface area (Å²) in [6.45, 7) is 4.41. The molecule has 212 valence electrons. The van der Waals surface area contributed by atoms with E-state index < -0.39 is 0 Å². The van der Waals surface area contributed by atoms with Crippen molar-refractivity contribution in [2.75, 3.05) is 0 Å². The highest BCUT2D eigenvalue weighted by molar-refractivity contribution is 7.78. The van der Waals surface area contributed by atoms with E-state index in [9.17, 15) is 0 Å². The third-order valence-corrected chi connectivity index (χ3v) is 8.93. The summed E-state index contributed by atoms with van der Waals surface area (Å²) in [5.74, 6) is 0.0285. The smallest absolute Gasteiger partial charge is 0.0637 e. The van der Waals surface area contributed by atoms with Gasteiger partial charge in [0.05, 0.1) is 21.7 Å². The van der Waals surface area contributed by atoms with E-state index in [2.05, 4.69) is 125 Å². The van der Waals surface area contributed by atoms with Gasteiger partial charge in [-0.05, 0) is 136 Å². The van der Waals surface area contributed by atoms with Crippen molar-refractivity contribution in [2.45, 2.75) is 58.3 Å². The van der Waals surface area contributed by atoms with Crippen LogP contribution in [0.25, 0.3) is 34.4 Å². The Hall–Kier alpha value is -4.04. The zero-order valence-electron chi connectivity index (χ0n) is 24.7. The van der Waals surface area contributed by atoms with Gasteiger partial charge in [-0.2, -0.15) is 9.98 Å². The fourth-order valence-electron chi connectivity index (χ4n) is 6.43. The zero-order valence-corrected chi connectivity index (χ0v) is 26.3. The van der Waals surface area contributed by atoms with Crippen LogP contribution in [-0.2, 0) is 25.7 Å². The van der Waals surface area contributed by atoms with Crippen LogP contribution in [-0.4, -0.2) is 10.3 Å². The standard InChI is InChI=1S/C39H34N2S2/c1-3-5-27-8-12-29(13-9-27)33-19-32-16-17-35(40-24-42)23-36(32)37(20-33)38-21-34-18-30(28-10-6-26(4-2)7-11-28)14-15-31(34)22-39(38)41-25-43/h6-15,18-20,22-23,38H,3-5,16-17,21H2,1-2H3. The number of thiocarbonyl (C=S) groups is 2. The van der Waals surface area contributed by atoms with Crippen LogP contribution >= 0.6 is 24.4 Å². The number of nitrogens with zero attached hydrogens (tertiary/aromatic N) is 2. The monoisotopic (exact) mass is 594 g/mol. The first-order valence-corrected chi connectivity index (χ1v) is 16.0. The van der Waals surface area contributed by atoms with Gasteiger partial charge >= 0.3 is 0 Å². The van der Waals surface area contributed by atoms with E-state index in [1.807, 2.05) is 0 Å². The fourth-order valence-corrected chi connectivity index (χ4v) is 6.65. The van der Waals surface area contributed by atoms with Gasteiger partial charge in [-0.15, -0.1) is 0 Å². The van der Waals surface area contributed by atoms with E-state index in [1.165, 1.54) is 61.2 Å². The molecule has 1 atom stereocenters. The van der Waals surface area contributed by atoms with Crippen molar-refractivity contribution in [1.29, 1.82) is 0 Å². The number of benzene rings is 4. The maximum Gasteiger partial charge on any atom is 0.0637 e. The molecule has 0 heterocycles. The Morgan fingerprint density at radius 2 is 1.37 bits per heavy atom. The van der Waals surface area contributed by atoms with Gasteiger partial charge < -0.3 is 0 Å². The molecule has 0 bridgehead atoms. The summed E-state index contributed by atoms with van der Waals surface area (Å²) in [4.78, 5) is 9.02. The molecule has 4 heteroatoms. The molecular formula is C39H34N2S2. The molecule has 6 rings (SSSR count). The van der Waals surface area contributed by atoms with E-state index in [4.69, 9.17) is 24.4 Å². The van der Waals surface area contributed by atoms with Crippen molar-refractivity contribution in [3.63, 3.8) is 0 Å². The van der Waals surface area contributed by atoms with Gasteiger partial charge in [-0.25, -0.2) is 0 Å². The lowest BCUT2D eigenvalue weighted by atomic mass is 9.77. The van der Waals surface area contributed by atoms with Crippen LogP contribution in [0.15, 0.2) is 100 Å². The molecule has 4 aromatic carbocycles. The van der Waals surface area contributed by atoms with Crippen LogP contribution in [0, 0.1) is 0 Å². The predicted octanol–water partition coefficient (Wildman–Crippen LogP) is 10.7. The van der Waals surface area contributed by atoms with Crippen molar-refractivity contribution in [2.24, 2.45) is 9.98 Å². The van der Waals surface area contributed by atoms with Gasteiger partial charge in [0.2, 0.25) is 0 Å². The summed E-state index contributed by atoms with van der Waals surface area (Å²) >= 11 is 10.1. The average Bonchev–Trinajstić information content (AvgIpc) is 3.05. The second-order valence-electron chi connectivity index (χ2n) is 11.4. The molecule has 43 heavy (non-hydrogen) atoms. The average molecular weight is 595 g/mol. The molecule has 0 aromatic heterocycles. The van der Waals surface area contributed by atoms with Gasteiger partial charge in [0, 0.05) is 5.92 Å². The van der Waals surface area contributed by atoms with Crippen LogP contribution in [0.5, 0.6) is 0 Å². The van der Waals surface area contributed by atoms with E-state index in [-0.39, 0.29) is 5.92 Å². The molecule has 4 aromatic rings. The molecule has 0 N–H and O–H groups in total. The van der Waals surface area contributed by atoms with Crippen molar-refractivity contribution < 1.29 is 0 Å². The van der Waals surface area contributed by atoms with Crippen molar-refractivity contribution in [1.82, 2.24) is 0 Å². The molecule has 1 unspecified atom stereocenters. The predicted molar refractivity (Wildman–Crippen MR) is 188 cm³/mol. The molecule has 2 aliphatic rings. The van der Waals surface area contributed by atoms with Crippen molar-refractivity contribution in [3.8, 4) is 22.3 Å². The summed E-state index contributed by atoms with van der Waals surface area (Å²) in [6.07, 6.45) is 10.3. The number of isothiocyanates is 2. The van der Waals surface area contributed by atoms with Gasteiger partial charge in [-0.1, -0.05) is 93.1 Å². The molecule has 0 saturated heterocycles. The second-order valence-corrected chi connectivity index (χ2v) is 11.8. The van der Waals surface area contributed by atoms with Crippen LogP contribution in [0.1, 0.15) is 71.6 Å². The molecule has 2 aliphatic carbocycles. The molecular weight excluding hydrogens is 561 g/mol. The summed E-state index contributed by atoms with van der Waals surface area (Å²) in [6, 6.07) is 29.4. The molecule has 0 radical (unpaired) electrons. The molecule has 0 spiro atoms. The lowest BCUT2D eigenvalue weighted by Gasteiger charge is -2.28. The van der Waals surface area contributed by atoms with Crippen LogP contribution in [0.2, 0.25) is 0 Å². The Labute approximate surface area is 265 Å². The van der Waals surface area contributed by atoms with E-state index in [1.54, 1.807) is 0 Å². The topological polar surface area (TPSA) is 24.7 Å². The number of aliphatic imine (C=N–C) groups is 2. The fraction of sp³-hybridized carbons (Fsp3) is 0.231. The number of aryl methyl sites for hydroxylation is 3. The lowest BCUT2D eigenvalue weighted by Crippen LogP contribution is -2.14. The van der Waals surface area contributed by atoms with Crippen molar-refractivity contribution >= 4 is 46.9 Å². The minimum atomic E-state index is 0.0285. The Morgan fingerprint density at radius 1 is 0.698 bits per heavy atom. The Morgan fingerprint density at radius 3 is 2.07 bits per heavy atom. The minimum Gasteiger partial charge on any atom is -0.199 e. The normalized spacial score (nSPS) is 15.3. The quantitative estimate of drug-likeness (QED) is 0.150. The number of hydrogen-bond acceptors (Lipinski definition) is 4. The van der Waals surface area contributed by atoms with Crippen LogP contribution in [0.3, 0.4) is 0 Å². The molecule has 0 fully saturated rings. The highest BCUT2D eigenvalue weighted by Gasteiger charge is 2.28. The molecule has 0 aliphatic heterocycles.